The van der Waals surface area contributed by atoms with E-state index in [0.717, 1.165) is 42.9 Å². The molecule has 0 aliphatic carbocycles. The van der Waals surface area contributed by atoms with Gasteiger partial charge in [0.2, 0.25) is 11.8 Å². The van der Waals surface area contributed by atoms with Crippen molar-refractivity contribution in [2.45, 2.75) is 32.1 Å². The van der Waals surface area contributed by atoms with Crippen molar-refractivity contribution >= 4 is 11.8 Å². The van der Waals surface area contributed by atoms with E-state index >= 15 is 0 Å². The third-order valence-electron chi connectivity index (χ3n) is 4.84. The molecule has 136 valence electrons. The Balaban J connectivity index is 1.38. The molecule has 6 heteroatoms. The van der Waals surface area contributed by atoms with Gasteiger partial charge in [0.25, 0.3) is 0 Å². The number of carbonyl (C=O) groups excluding carboxylic acids is 2. The molecular formula is C19H26N2O4. The molecule has 3 rings (SSSR count). The summed E-state index contributed by atoms with van der Waals surface area (Å²) in [6.45, 7) is 2.71. The molecule has 0 radical (unpaired) electrons. The van der Waals surface area contributed by atoms with E-state index in [2.05, 4.69) is 5.32 Å². The quantitative estimate of drug-likeness (QED) is 0.817. The van der Waals surface area contributed by atoms with Crippen LogP contribution in [0.1, 0.15) is 31.2 Å². The van der Waals surface area contributed by atoms with Crippen LogP contribution in [-0.4, -0.2) is 50.1 Å². The van der Waals surface area contributed by atoms with Crippen LogP contribution in [0.3, 0.4) is 0 Å². The van der Waals surface area contributed by atoms with Crippen LogP contribution >= 0.6 is 0 Å². The van der Waals surface area contributed by atoms with Crippen molar-refractivity contribution in [1.29, 1.82) is 0 Å². The van der Waals surface area contributed by atoms with E-state index in [-0.39, 0.29) is 17.7 Å². The zero-order valence-corrected chi connectivity index (χ0v) is 14.8. The number of fused-ring (bicyclic) bond motifs is 1. The lowest BCUT2D eigenvalue weighted by Crippen LogP contribution is -2.35. The molecule has 2 heterocycles. The number of hydrogen-bond acceptors (Lipinski definition) is 4. The summed E-state index contributed by atoms with van der Waals surface area (Å²) in [7, 11) is 1.64. The molecule has 25 heavy (non-hydrogen) atoms. The first-order chi connectivity index (χ1) is 12.2. The molecule has 2 aliphatic heterocycles. The number of carbonyl (C=O) groups is 2. The van der Waals surface area contributed by atoms with Crippen LogP contribution in [0, 0.1) is 5.92 Å². The minimum absolute atomic E-state index is 0.0445. The molecule has 0 bridgehead atoms. The lowest BCUT2D eigenvalue weighted by Gasteiger charge is -2.26. The van der Waals surface area contributed by atoms with Crippen molar-refractivity contribution in [2.75, 3.05) is 33.4 Å². The zero-order chi connectivity index (χ0) is 17.6. The van der Waals surface area contributed by atoms with Crippen LogP contribution in [-0.2, 0) is 16.0 Å². The number of hydrogen-bond donors (Lipinski definition) is 1. The molecule has 1 atom stereocenters. The van der Waals surface area contributed by atoms with Gasteiger partial charge in [-0.2, -0.15) is 0 Å². The molecule has 0 unspecified atom stereocenters. The maximum Gasteiger partial charge on any atom is 0.222 e. The first kappa shape index (κ1) is 17.6. The van der Waals surface area contributed by atoms with E-state index < -0.39 is 0 Å². The number of nitrogens with zero attached hydrogens (tertiary/aromatic N) is 1. The molecule has 0 spiro atoms. The van der Waals surface area contributed by atoms with Crippen molar-refractivity contribution in [3.8, 4) is 11.5 Å². The van der Waals surface area contributed by atoms with Gasteiger partial charge in [-0.1, -0.05) is 12.1 Å². The van der Waals surface area contributed by atoms with Gasteiger partial charge in [0.15, 0.2) is 11.5 Å². The van der Waals surface area contributed by atoms with E-state index in [4.69, 9.17) is 9.47 Å². The van der Waals surface area contributed by atoms with Crippen LogP contribution in [0.5, 0.6) is 11.5 Å². The van der Waals surface area contributed by atoms with E-state index in [1.54, 1.807) is 7.11 Å². The number of nitrogens with one attached hydrogen (secondary N) is 1. The summed E-state index contributed by atoms with van der Waals surface area (Å²) in [5.41, 5.74) is 1.12. The first-order valence-corrected chi connectivity index (χ1v) is 9.00. The maximum absolute atomic E-state index is 12.0. The van der Waals surface area contributed by atoms with Gasteiger partial charge in [0.05, 0.1) is 13.7 Å². The smallest absolute Gasteiger partial charge is 0.222 e. The Labute approximate surface area is 148 Å². The van der Waals surface area contributed by atoms with Crippen molar-refractivity contribution in [3.05, 3.63) is 23.8 Å². The van der Waals surface area contributed by atoms with Gasteiger partial charge in [-0.25, -0.2) is 0 Å². The SMILES string of the molecule is COc1cccc2c1OC[C@@H](CNC(=O)CCCN1CCCC1=O)C2. The Morgan fingerprint density at radius 2 is 2.32 bits per heavy atom. The highest BCUT2D eigenvalue weighted by Gasteiger charge is 2.23. The summed E-state index contributed by atoms with van der Waals surface area (Å²) in [6.07, 6.45) is 3.65. The molecule has 0 aromatic heterocycles. The fourth-order valence-corrected chi connectivity index (χ4v) is 3.47. The predicted molar refractivity (Wildman–Crippen MR) is 93.7 cm³/mol. The molecule has 1 saturated heterocycles. The molecule has 1 aromatic carbocycles. The van der Waals surface area contributed by atoms with Gasteiger partial charge in [-0.05, 0) is 30.9 Å². The number of benzene rings is 1. The highest BCUT2D eigenvalue weighted by Crippen LogP contribution is 2.35. The highest BCUT2D eigenvalue weighted by molar-refractivity contribution is 5.78. The summed E-state index contributed by atoms with van der Waals surface area (Å²) in [5.74, 6) is 2.11. The molecule has 0 saturated carbocycles. The first-order valence-electron chi connectivity index (χ1n) is 9.00. The molecular weight excluding hydrogens is 320 g/mol. The van der Waals surface area contributed by atoms with Gasteiger partial charge in [-0.15, -0.1) is 0 Å². The highest BCUT2D eigenvalue weighted by atomic mass is 16.5. The summed E-state index contributed by atoms with van der Waals surface area (Å²) >= 11 is 0. The zero-order valence-electron chi connectivity index (χ0n) is 14.8. The molecule has 1 aromatic rings. The molecule has 1 N–H and O–H groups in total. The van der Waals surface area contributed by atoms with Gasteiger partial charge in [0, 0.05) is 38.4 Å². The fraction of sp³-hybridized carbons (Fsp3) is 0.579. The van der Waals surface area contributed by atoms with Crippen molar-refractivity contribution in [2.24, 2.45) is 5.92 Å². The summed E-state index contributed by atoms with van der Waals surface area (Å²) in [4.78, 5) is 25.4. The van der Waals surface area contributed by atoms with Crippen LogP contribution in [0.4, 0.5) is 0 Å². The third-order valence-corrected chi connectivity index (χ3v) is 4.84. The van der Waals surface area contributed by atoms with Gasteiger partial charge in [-0.3, -0.25) is 9.59 Å². The Morgan fingerprint density at radius 1 is 1.44 bits per heavy atom. The second kappa shape index (κ2) is 8.23. The van der Waals surface area contributed by atoms with Crippen molar-refractivity contribution in [1.82, 2.24) is 10.2 Å². The van der Waals surface area contributed by atoms with Gasteiger partial charge < -0.3 is 19.7 Å². The monoisotopic (exact) mass is 346 g/mol. The second-order valence-corrected chi connectivity index (χ2v) is 6.72. The van der Waals surface area contributed by atoms with E-state index in [1.165, 1.54) is 0 Å². The average Bonchev–Trinajstić information content (AvgIpc) is 3.04. The third kappa shape index (κ3) is 4.44. The molecule has 2 amide bonds. The lowest BCUT2D eigenvalue weighted by atomic mass is 9.96. The standard InChI is InChI=1S/C19H26N2O4/c1-24-16-6-2-5-15-11-14(13-25-19(15)16)12-20-17(22)7-3-9-21-10-4-8-18(21)23/h2,5-6,14H,3-4,7-13H2,1H3,(H,20,22)/t14-/m1/s1. The second-order valence-electron chi connectivity index (χ2n) is 6.72. The molecule has 6 nitrogen and oxygen atoms in total. The lowest BCUT2D eigenvalue weighted by molar-refractivity contribution is -0.128. The van der Waals surface area contributed by atoms with Crippen LogP contribution in [0.25, 0.3) is 0 Å². The maximum atomic E-state index is 12.0. The van der Waals surface area contributed by atoms with Crippen molar-refractivity contribution < 1.29 is 19.1 Å². The van der Waals surface area contributed by atoms with E-state index in [9.17, 15) is 9.59 Å². The predicted octanol–water partition coefficient (Wildman–Crippen LogP) is 1.77. The Kier molecular flexibility index (Phi) is 5.79. The number of amides is 2. The average molecular weight is 346 g/mol. The Hall–Kier alpha value is -2.24. The summed E-state index contributed by atoms with van der Waals surface area (Å²) < 4.78 is 11.1. The van der Waals surface area contributed by atoms with Gasteiger partial charge >= 0.3 is 0 Å². The molecule has 2 aliphatic rings. The number of para-hydroxylation sites is 1. The van der Waals surface area contributed by atoms with E-state index in [0.29, 0.717) is 32.5 Å². The summed E-state index contributed by atoms with van der Waals surface area (Å²) in [5, 5.41) is 2.99. The number of rotatable bonds is 7. The number of likely N-dealkylation sites (tertiary alicyclic amines) is 1. The van der Waals surface area contributed by atoms with Crippen LogP contribution in [0.15, 0.2) is 18.2 Å². The minimum Gasteiger partial charge on any atom is -0.493 e. The Morgan fingerprint density at radius 3 is 3.08 bits per heavy atom. The Bertz CT molecular complexity index is 632. The number of ether oxygens (including phenoxy) is 2. The van der Waals surface area contributed by atoms with Gasteiger partial charge in [0.1, 0.15) is 0 Å². The normalized spacial score (nSPS) is 19.3. The minimum atomic E-state index is 0.0445. The van der Waals surface area contributed by atoms with Crippen LogP contribution in [0.2, 0.25) is 0 Å². The molecule has 1 fully saturated rings. The fourth-order valence-electron chi connectivity index (χ4n) is 3.47. The van der Waals surface area contributed by atoms with E-state index in [1.807, 2.05) is 23.1 Å². The topological polar surface area (TPSA) is 67.9 Å². The van der Waals surface area contributed by atoms with Crippen LogP contribution < -0.4 is 14.8 Å². The summed E-state index contributed by atoms with van der Waals surface area (Å²) in [6, 6.07) is 5.90. The van der Waals surface area contributed by atoms with Crippen molar-refractivity contribution in [3.63, 3.8) is 0 Å². The number of methoxy groups -OCH3 is 1. The largest absolute Gasteiger partial charge is 0.493 e.